The number of rotatable bonds is 3. The number of fused-ring (bicyclic) bond motifs is 2. The number of anilines is 1. The third-order valence-corrected chi connectivity index (χ3v) is 4.39. The van der Waals surface area contributed by atoms with Crippen molar-refractivity contribution in [2.24, 2.45) is 0 Å². The lowest BCUT2D eigenvalue weighted by Crippen LogP contribution is -2.43. The molecule has 2 atom stereocenters. The smallest absolute Gasteiger partial charge is 0.322 e. The van der Waals surface area contributed by atoms with Gasteiger partial charge in [0, 0.05) is 17.8 Å². The number of sulfonamides is 1. The summed E-state index contributed by atoms with van der Waals surface area (Å²) in [6, 6.07) is 5.94. The number of amides is 3. The Hall–Kier alpha value is -2.13. The van der Waals surface area contributed by atoms with Gasteiger partial charge in [-0.25, -0.2) is 17.9 Å². The van der Waals surface area contributed by atoms with Gasteiger partial charge in [-0.05, 0) is 30.7 Å². The van der Waals surface area contributed by atoms with Gasteiger partial charge in [-0.2, -0.15) is 0 Å². The highest BCUT2D eigenvalue weighted by Gasteiger charge is 2.41. The largest absolute Gasteiger partial charge is 0.374 e. The van der Waals surface area contributed by atoms with E-state index in [1.54, 1.807) is 17.0 Å². The molecule has 2 bridgehead atoms. The summed E-state index contributed by atoms with van der Waals surface area (Å²) in [5.41, 5.74) is 0.733. The number of urea groups is 1. The number of benzene rings is 1. The molecule has 2 aliphatic rings. The fraction of sp³-hybridized carbons (Fsp3) is 0.429. The molecule has 9 heteroatoms. The van der Waals surface area contributed by atoms with E-state index in [1.165, 1.54) is 12.1 Å². The number of ether oxygens (including phenoxy) is 1. The van der Waals surface area contributed by atoms with Crippen LogP contribution >= 0.6 is 0 Å². The summed E-state index contributed by atoms with van der Waals surface area (Å²) in [5, 5.41) is 2.76. The zero-order chi connectivity index (χ0) is 16.6. The van der Waals surface area contributed by atoms with Crippen molar-refractivity contribution in [3.05, 3.63) is 29.8 Å². The van der Waals surface area contributed by atoms with Crippen LogP contribution < -0.4 is 10.0 Å². The summed E-state index contributed by atoms with van der Waals surface area (Å²) < 4.78 is 29.4. The molecule has 2 fully saturated rings. The second-order valence-electron chi connectivity index (χ2n) is 5.71. The molecule has 0 unspecified atom stereocenters. The minimum atomic E-state index is -3.60. The molecule has 3 rings (SSSR count). The lowest BCUT2D eigenvalue weighted by atomic mass is 10.2. The number of carbonyl (C=O) groups is 2. The maximum Gasteiger partial charge on any atom is 0.322 e. The molecule has 0 saturated carbocycles. The Labute approximate surface area is 133 Å². The number of nitrogens with one attached hydrogen (secondary N) is 2. The summed E-state index contributed by atoms with van der Waals surface area (Å²) in [6.45, 7) is 1.16. The number of hydrogen-bond acceptors (Lipinski definition) is 5. The minimum Gasteiger partial charge on any atom is -0.374 e. The van der Waals surface area contributed by atoms with Gasteiger partial charge in [-0.15, -0.1) is 0 Å². The first-order chi connectivity index (χ1) is 10.8. The molecule has 0 aromatic heterocycles. The van der Waals surface area contributed by atoms with E-state index in [-0.39, 0.29) is 23.7 Å². The van der Waals surface area contributed by atoms with E-state index >= 15 is 0 Å². The molecule has 124 valence electrons. The fourth-order valence-electron chi connectivity index (χ4n) is 2.78. The lowest BCUT2D eigenvalue weighted by molar-refractivity contribution is 0.0473. The quantitative estimate of drug-likeness (QED) is 0.828. The molecular formula is C14H17N3O5S. The van der Waals surface area contributed by atoms with Crippen LogP contribution in [0, 0.1) is 0 Å². The molecule has 23 heavy (non-hydrogen) atoms. The van der Waals surface area contributed by atoms with Gasteiger partial charge in [0.15, 0.2) is 0 Å². The van der Waals surface area contributed by atoms with Gasteiger partial charge in [-0.3, -0.25) is 4.79 Å². The SMILES string of the molecule is CS(=O)(=O)NC(=O)c1ccc(NC(=O)N2C[C@H]3C[C@@H]2CO3)cc1. The second-order valence-corrected chi connectivity index (χ2v) is 7.46. The van der Waals surface area contributed by atoms with Crippen molar-refractivity contribution in [2.45, 2.75) is 18.6 Å². The lowest BCUT2D eigenvalue weighted by Gasteiger charge is -2.27. The highest BCUT2D eigenvalue weighted by molar-refractivity contribution is 7.89. The Morgan fingerprint density at radius 2 is 1.96 bits per heavy atom. The van der Waals surface area contributed by atoms with E-state index in [0.717, 1.165) is 12.7 Å². The number of hydrogen-bond donors (Lipinski definition) is 2. The summed E-state index contributed by atoms with van der Waals surface area (Å²) in [7, 11) is -3.60. The van der Waals surface area contributed by atoms with Gasteiger partial charge in [0.1, 0.15) is 0 Å². The molecule has 0 radical (unpaired) electrons. The Bertz CT molecular complexity index is 731. The van der Waals surface area contributed by atoms with E-state index < -0.39 is 15.9 Å². The third-order valence-electron chi connectivity index (χ3n) is 3.84. The second kappa shape index (κ2) is 5.82. The van der Waals surface area contributed by atoms with Crippen LogP contribution in [0.3, 0.4) is 0 Å². The van der Waals surface area contributed by atoms with Crippen LogP contribution in [0.25, 0.3) is 0 Å². The predicted octanol–water partition coefficient (Wildman–Crippen LogP) is 0.381. The summed E-state index contributed by atoms with van der Waals surface area (Å²) in [5.74, 6) is -0.709. The highest BCUT2D eigenvalue weighted by atomic mass is 32.2. The minimum absolute atomic E-state index is 0.125. The highest BCUT2D eigenvalue weighted by Crippen LogP contribution is 2.28. The van der Waals surface area contributed by atoms with Gasteiger partial charge >= 0.3 is 6.03 Å². The Morgan fingerprint density at radius 3 is 2.48 bits per heavy atom. The van der Waals surface area contributed by atoms with Crippen molar-refractivity contribution >= 4 is 27.6 Å². The van der Waals surface area contributed by atoms with Crippen molar-refractivity contribution in [1.82, 2.24) is 9.62 Å². The van der Waals surface area contributed by atoms with E-state index in [4.69, 9.17) is 4.74 Å². The number of carbonyl (C=O) groups excluding carboxylic acids is 2. The van der Waals surface area contributed by atoms with Gasteiger partial charge < -0.3 is 15.0 Å². The van der Waals surface area contributed by atoms with Crippen molar-refractivity contribution in [1.29, 1.82) is 0 Å². The monoisotopic (exact) mass is 339 g/mol. The summed E-state index contributed by atoms with van der Waals surface area (Å²) >= 11 is 0. The standard InChI is InChI=1S/C14H17N3O5S/c1-23(20,21)16-13(18)9-2-4-10(5-3-9)15-14(19)17-7-12-6-11(17)8-22-12/h2-5,11-12H,6-8H2,1H3,(H,15,19)(H,16,18)/t11-,12-/m1/s1. The van der Waals surface area contributed by atoms with E-state index in [2.05, 4.69) is 5.32 Å². The van der Waals surface area contributed by atoms with Crippen LogP contribution in [-0.2, 0) is 14.8 Å². The molecule has 2 heterocycles. The van der Waals surface area contributed by atoms with Crippen LogP contribution in [0.2, 0.25) is 0 Å². The topological polar surface area (TPSA) is 105 Å². The van der Waals surface area contributed by atoms with Gasteiger partial charge in [-0.1, -0.05) is 0 Å². The maximum atomic E-state index is 12.2. The van der Waals surface area contributed by atoms with Gasteiger partial charge in [0.25, 0.3) is 5.91 Å². The van der Waals surface area contributed by atoms with Gasteiger partial charge in [0.05, 0.1) is 25.0 Å². The van der Waals surface area contributed by atoms with E-state index in [1.807, 2.05) is 4.72 Å². The number of likely N-dealkylation sites (tertiary alicyclic amines) is 1. The molecule has 3 amide bonds. The van der Waals surface area contributed by atoms with Crippen molar-refractivity contribution in [2.75, 3.05) is 24.7 Å². The molecule has 0 spiro atoms. The first-order valence-corrected chi connectivity index (χ1v) is 9.02. The number of nitrogens with zero attached hydrogens (tertiary/aromatic N) is 1. The zero-order valence-corrected chi connectivity index (χ0v) is 13.3. The van der Waals surface area contributed by atoms with Crippen molar-refractivity contribution in [3.63, 3.8) is 0 Å². The number of morpholine rings is 1. The molecule has 1 aromatic rings. The van der Waals surface area contributed by atoms with Crippen LogP contribution in [-0.4, -0.2) is 56.8 Å². The Balaban J connectivity index is 1.61. The fourth-order valence-corrected chi connectivity index (χ4v) is 3.23. The van der Waals surface area contributed by atoms with Crippen LogP contribution in [0.4, 0.5) is 10.5 Å². The van der Waals surface area contributed by atoms with Crippen LogP contribution in [0.15, 0.2) is 24.3 Å². The van der Waals surface area contributed by atoms with Gasteiger partial charge in [0.2, 0.25) is 10.0 Å². The predicted molar refractivity (Wildman–Crippen MR) is 82.6 cm³/mol. The summed E-state index contributed by atoms with van der Waals surface area (Å²) in [6.07, 6.45) is 1.91. The molecule has 2 N–H and O–H groups in total. The van der Waals surface area contributed by atoms with E-state index in [0.29, 0.717) is 18.8 Å². The Kier molecular flexibility index (Phi) is 3.99. The van der Waals surface area contributed by atoms with Crippen LogP contribution in [0.5, 0.6) is 0 Å². The van der Waals surface area contributed by atoms with Crippen LogP contribution in [0.1, 0.15) is 16.8 Å². The molecule has 0 aliphatic carbocycles. The molecular weight excluding hydrogens is 322 g/mol. The third kappa shape index (κ3) is 3.62. The molecule has 8 nitrogen and oxygen atoms in total. The molecule has 1 aromatic carbocycles. The van der Waals surface area contributed by atoms with Crippen molar-refractivity contribution in [3.8, 4) is 0 Å². The first kappa shape index (κ1) is 15.8. The maximum absolute atomic E-state index is 12.2. The average molecular weight is 339 g/mol. The molecule has 2 aliphatic heterocycles. The Morgan fingerprint density at radius 1 is 1.26 bits per heavy atom. The van der Waals surface area contributed by atoms with Crippen molar-refractivity contribution < 1.29 is 22.7 Å². The normalized spacial score (nSPS) is 22.9. The first-order valence-electron chi connectivity index (χ1n) is 7.13. The van der Waals surface area contributed by atoms with E-state index in [9.17, 15) is 18.0 Å². The zero-order valence-electron chi connectivity index (χ0n) is 12.5. The average Bonchev–Trinajstić information content (AvgIpc) is 3.08. The molecule has 2 saturated heterocycles. The summed E-state index contributed by atoms with van der Waals surface area (Å²) in [4.78, 5) is 25.7.